The lowest BCUT2D eigenvalue weighted by atomic mass is 10.1. The minimum absolute atomic E-state index is 0.0619. The van der Waals surface area contributed by atoms with Crippen molar-refractivity contribution in [1.29, 1.82) is 0 Å². The van der Waals surface area contributed by atoms with Gasteiger partial charge in [-0.25, -0.2) is 13.4 Å². The Hall–Kier alpha value is -2.52. The predicted molar refractivity (Wildman–Crippen MR) is 93.4 cm³/mol. The second kappa shape index (κ2) is 5.53. The molecule has 0 fully saturated rings. The highest BCUT2D eigenvalue weighted by atomic mass is 32.2. The first-order chi connectivity index (χ1) is 11.5. The second-order valence-corrected chi connectivity index (χ2v) is 8.04. The Morgan fingerprint density at radius 2 is 2.12 bits per heavy atom. The molecule has 0 radical (unpaired) electrons. The van der Waals surface area contributed by atoms with E-state index in [0.29, 0.717) is 5.13 Å². The van der Waals surface area contributed by atoms with Crippen LogP contribution in [0.5, 0.6) is 0 Å². The fourth-order valence-electron chi connectivity index (χ4n) is 2.48. The number of para-hydroxylation sites is 1. The third-order valence-corrected chi connectivity index (χ3v) is 5.72. The van der Waals surface area contributed by atoms with Crippen LogP contribution >= 0.6 is 11.3 Å². The Balaban J connectivity index is 1.65. The summed E-state index contributed by atoms with van der Waals surface area (Å²) in [6.45, 7) is 0.281. The minimum Gasteiger partial charge on any atom is -0.331 e. The van der Waals surface area contributed by atoms with Crippen molar-refractivity contribution in [3.63, 3.8) is 0 Å². The molecule has 3 heterocycles. The predicted octanol–water partition coefficient (Wildman–Crippen LogP) is 1.73. The number of anilines is 1. The van der Waals surface area contributed by atoms with Crippen LogP contribution < -0.4 is 5.32 Å². The van der Waals surface area contributed by atoms with Gasteiger partial charge in [0.15, 0.2) is 11.0 Å². The Bertz CT molecular complexity index is 1000. The van der Waals surface area contributed by atoms with Crippen molar-refractivity contribution in [2.24, 2.45) is 4.40 Å². The molecule has 1 aromatic heterocycles. The Kier molecular flexibility index (Phi) is 3.47. The van der Waals surface area contributed by atoms with Crippen LogP contribution in [0.25, 0.3) is 10.2 Å². The molecule has 1 aromatic carbocycles. The van der Waals surface area contributed by atoms with Crippen molar-refractivity contribution in [1.82, 2.24) is 9.88 Å². The van der Waals surface area contributed by atoms with Gasteiger partial charge in [-0.1, -0.05) is 23.5 Å². The molecule has 0 saturated carbocycles. The topological polar surface area (TPSA) is 91.7 Å². The van der Waals surface area contributed by atoms with E-state index in [-0.39, 0.29) is 23.7 Å². The number of rotatable bonds is 2. The number of nitrogens with zero attached hydrogens (tertiary/aromatic N) is 3. The lowest BCUT2D eigenvalue weighted by molar-refractivity contribution is -0.112. The fourth-order valence-corrected chi connectivity index (χ4v) is 4.33. The van der Waals surface area contributed by atoms with Crippen LogP contribution in [-0.4, -0.2) is 42.3 Å². The standard InChI is InChI=1S/C15H12N4O3S2/c20-14(17-15-16-11-5-1-2-6-12(11)23-15)10-4-3-7-19-8-9-24(21,22)18-13(10)19/h1-7H,8-9H2,(H,16,17,20). The minimum atomic E-state index is -3.53. The van der Waals surface area contributed by atoms with Gasteiger partial charge < -0.3 is 4.90 Å². The number of sulfonamides is 1. The number of aromatic nitrogens is 1. The Labute approximate surface area is 142 Å². The number of hydrogen-bond acceptors (Lipinski definition) is 6. The molecular formula is C15H12N4O3S2. The van der Waals surface area contributed by atoms with Crippen LogP contribution in [0.3, 0.4) is 0 Å². The molecule has 1 amide bonds. The first-order valence-corrected chi connectivity index (χ1v) is 9.59. The summed E-state index contributed by atoms with van der Waals surface area (Å²) in [7, 11) is -3.53. The van der Waals surface area contributed by atoms with Crippen LogP contribution in [-0.2, 0) is 14.8 Å². The van der Waals surface area contributed by atoms with E-state index in [4.69, 9.17) is 0 Å². The maximum absolute atomic E-state index is 12.6. The van der Waals surface area contributed by atoms with Gasteiger partial charge in [0.2, 0.25) is 0 Å². The summed E-state index contributed by atoms with van der Waals surface area (Å²) in [4.78, 5) is 18.6. The third-order valence-electron chi connectivity index (χ3n) is 3.62. The van der Waals surface area contributed by atoms with Gasteiger partial charge >= 0.3 is 0 Å². The first-order valence-electron chi connectivity index (χ1n) is 7.17. The zero-order valence-electron chi connectivity index (χ0n) is 12.3. The Morgan fingerprint density at radius 1 is 1.29 bits per heavy atom. The van der Waals surface area contributed by atoms with Gasteiger partial charge in [-0.05, 0) is 24.3 Å². The average Bonchev–Trinajstić information content (AvgIpc) is 2.95. The van der Waals surface area contributed by atoms with E-state index >= 15 is 0 Å². The summed E-state index contributed by atoms with van der Waals surface area (Å²) in [6.07, 6.45) is 4.96. The number of fused-ring (bicyclic) bond motifs is 2. The number of allylic oxidation sites excluding steroid dienone is 2. The Morgan fingerprint density at radius 3 is 2.96 bits per heavy atom. The smallest absolute Gasteiger partial charge is 0.261 e. The van der Waals surface area contributed by atoms with Crippen LogP contribution in [0, 0.1) is 0 Å². The molecule has 0 atom stereocenters. The lowest BCUT2D eigenvalue weighted by Crippen LogP contribution is -2.40. The SMILES string of the molecule is O=C(Nc1nc2ccccc2s1)C1=CC=CN2CCS(=O)(=O)N=C12. The normalized spacial score (nSPS) is 18.8. The zero-order valence-corrected chi connectivity index (χ0v) is 14.0. The van der Waals surface area contributed by atoms with Gasteiger partial charge in [0, 0.05) is 12.7 Å². The summed E-state index contributed by atoms with van der Waals surface area (Å²) in [6, 6.07) is 7.57. The van der Waals surface area contributed by atoms with E-state index in [9.17, 15) is 13.2 Å². The van der Waals surface area contributed by atoms with Crippen molar-refractivity contribution >= 4 is 48.5 Å². The highest BCUT2D eigenvalue weighted by Crippen LogP contribution is 2.26. The molecule has 2 aliphatic rings. The van der Waals surface area contributed by atoms with E-state index in [1.54, 1.807) is 23.3 Å². The molecular weight excluding hydrogens is 348 g/mol. The van der Waals surface area contributed by atoms with E-state index in [0.717, 1.165) is 10.2 Å². The quantitative estimate of drug-likeness (QED) is 0.881. The number of thiazole rings is 1. The monoisotopic (exact) mass is 360 g/mol. The molecule has 0 saturated heterocycles. The molecule has 0 aliphatic carbocycles. The zero-order chi connectivity index (χ0) is 16.7. The molecule has 24 heavy (non-hydrogen) atoms. The fraction of sp³-hybridized carbons (Fsp3) is 0.133. The largest absolute Gasteiger partial charge is 0.331 e. The van der Waals surface area contributed by atoms with Crippen LogP contribution in [0.4, 0.5) is 5.13 Å². The molecule has 2 aliphatic heterocycles. The number of benzene rings is 1. The highest BCUT2D eigenvalue weighted by molar-refractivity contribution is 7.90. The van der Waals surface area contributed by atoms with Gasteiger partial charge in [-0.3, -0.25) is 10.1 Å². The first kappa shape index (κ1) is 15.0. The molecule has 0 bridgehead atoms. The van der Waals surface area contributed by atoms with E-state index in [1.807, 2.05) is 24.3 Å². The number of amidine groups is 1. The third kappa shape index (κ3) is 2.72. The maximum atomic E-state index is 12.6. The molecule has 2 aromatic rings. The lowest BCUT2D eigenvalue weighted by Gasteiger charge is -2.28. The van der Waals surface area contributed by atoms with Gasteiger partial charge in [0.05, 0.1) is 21.5 Å². The van der Waals surface area contributed by atoms with Crippen LogP contribution in [0.1, 0.15) is 0 Å². The van der Waals surface area contributed by atoms with Crippen molar-refractivity contribution in [3.05, 3.63) is 48.2 Å². The number of nitrogens with one attached hydrogen (secondary N) is 1. The van der Waals surface area contributed by atoms with E-state index in [1.165, 1.54) is 11.3 Å². The van der Waals surface area contributed by atoms with E-state index < -0.39 is 15.9 Å². The second-order valence-electron chi connectivity index (χ2n) is 5.26. The van der Waals surface area contributed by atoms with Crippen molar-refractivity contribution in [3.8, 4) is 0 Å². The van der Waals surface area contributed by atoms with Crippen molar-refractivity contribution in [2.75, 3.05) is 17.6 Å². The summed E-state index contributed by atoms with van der Waals surface area (Å²) in [5.41, 5.74) is 1.01. The summed E-state index contributed by atoms with van der Waals surface area (Å²) in [5.74, 6) is -0.338. The average molecular weight is 360 g/mol. The van der Waals surface area contributed by atoms with Crippen molar-refractivity contribution in [2.45, 2.75) is 0 Å². The summed E-state index contributed by atoms with van der Waals surface area (Å²) in [5, 5.41) is 3.19. The number of carbonyl (C=O) groups excluding carboxylic acids is 1. The van der Waals surface area contributed by atoms with Gasteiger partial charge in [0.25, 0.3) is 15.9 Å². The molecule has 0 spiro atoms. The molecule has 0 unspecified atom stereocenters. The number of amides is 1. The van der Waals surface area contributed by atoms with Crippen LogP contribution in [0.2, 0.25) is 0 Å². The molecule has 122 valence electrons. The molecule has 9 heteroatoms. The summed E-state index contributed by atoms with van der Waals surface area (Å²) >= 11 is 1.36. The van der Waals surface area contributed by atoms with Crippen molar-refractivity contribution < 1.29 is 13.2 Å². The molecule has 7 nitrogen and oxygen atoms in total. The van der Waals surface area contributed by atoms with Gasteiger partial charge in [-0.2, -0.15) is 0 Å². The summed E-state index contributed by atoms with van der Waals surface area (Å²) < 4.78 is 28.2. The number of hydrogen-bond donors (Lipinski definition) is 1. The van der Waals surface area contributed by atoms with Gasteiger partial charge in [0.1, 0.15) is 0 Å². The van der Waals surface area contributed by atoms with E-state index in [2.05, 4.69) is 14.7 Å². The molecule has 4 rings (SSSR count). The van der Waals surface area contributed by atoms with Crippen LogP contribution in [0.15, 0.2) is 52.6 Å². The maximum Gasteiger partial charge on any atom is 0.261 e. The van der Waals surface area contributed by atoms with Gasteiger partial charge in [-0.15, -0.1) is 4.40 Å². The number of carbonyl (C=O) groups is 1. The highest BCUT2D eigenvalue weighted by Gasteiger charge is 2.30. The molecule has 1 N–H and O–H groups in total.